The predicted octanol–water partition coefficient (Wildman–Crippen LogP) is 2.16. The Hall–Kier alpha value is -1.14. The number of carboxylic acid groups (broad SMARTS) is 1. The Morgan fingerprint density at radius 2 is 2.20 bits per heavy atom. The molecule has 5 nitrogen and oxygen atoms in total. The Balaban J connectivity index is 1.59. The van der Waals surface area contributed by atoms with Crippen LogP contribution >= 0.6 is 11.3 Å². The van der Waals surface area contributed by atoms with E-state index < -0.39 is 11.9 Å². The summed E-state index contributed by atoms with van der Waals surface area (Å²) in [6.07, 6.45) is 5.28. The van der Waals surface area contributed by atoms with Crippen molar-refractivity contribution in [2.24, 2.45) is 0 Å². The molecule has 0 spiro atoms. The highest BCUT2D eigenvalue weighted by atomic mass is 32.1. The summed E-state index contributed by atoms with van der Waals surface area (Å²) >= 11 is 1.63. The lowest BCUT2D eigenvalue weighted by molar-refractivity contribution is -0.139. The minimum Gasteiger partial charge on any atom is -0.481 e. The van der Waals surface area contributed by atoms with Crippen LogP contribution in [0.15, 0.2) is 0 Å². The average Bonchev–Trinajstić information content (AvgIpc) is 3.06. The number of thiazole rings is 1. The number of aromatic nitrogens is 1. The summed E-state index contributed by atoms with van der Waals surface area (Å²) < 4.78 is 0. The van der Waals surface area contributed by atoms with Gasteiger partial charge in [-0.2, -0.15) is 0 Å². The van der Waals surface area contributed by atoms with E-state index in [2.05, 4.69) is 15.2 Å². The highest BCUT2D eigenvalue weighted by Crippen LogP contribution is 2.36. The lowest BCUT2D eigenvalue weighted by Crippen LogP contribution is -2.25. The van der Waals surface area contributed by atoms with E-state index in [4.69, 9.17) is 0 Å². The van der Waals surface area contributed by atoms with Crippen LogP contribution in [0.1, 0.15) is 42.2 Å². The third-order valence-corrected chi connectivity index (χ3v) is 5.24. The zero-order valence-electron chi connectivity index (χ0n) is 11.6. The van der Waals surface area contributed by atoms with Crippen LogP contribution < -0.4 is 5.32 Å². The second kappa shape index (κ2) is 6.10. The van der Waals surface area contributed by atoms with Crippen molar-refractivity contribution in [1.29, 1.82) is 0 Å². The van der Waals surface area contributed by atoms with Crippen molar-refractivity contribution >= 4 is 22.4 Å². The quantitative estimate of drug-likeness (QED) is 0.871. The molecule has 20 heavy (non-hydrogen) atoms. The van der Waals surface area contributed by atoms with Crippen molar-refractivity contribution in [3.05, 3.63) is 10.6 Å². The molecule has 0 aromatic carbocycles. The minimum absolute atomic E-state index is 0.399. The lowest BCUT2D eigenvalue weighted by Gasteiger charge is -2.16. The predicted molar refractivity (Wildman–Crippen MR) is 79.6 cm³/mol. The van der Waals surface area contributed by atoms with Crippen LogP contribution in [0.5, 0.6) is 0 Å². The molecule has 2 aliphatic rings. The van der Waals surface area contributed by atoms with Crippen LogP contribution in [0, 0.1) is 0 Å². The topological polar surface area (TPSA) is 65.5 Å². The largest absolute Gasteiger partial charge is 0.481 e. The molecule has 0 bridgehead atoms. The average molecular weight is 295 g/mol. The number of carbonyl (C=O) groups is 1. The fourth-order valence-corrected chi connectivity index (χ4v) is 4.15. The van der Waals surface area contributed by atoms with E-state index in [1.807, 2.05) is 0 Å². The van der Waals surface area contributed by atoms with Gasteiger partial charge in [0.05, 0.1) is 5.69 Å². The summed E-state index contributed by atoms with van der Waals surface area (Å²) in [5, 5.41) is 13.5. The maximum absolute atomic E-state index is 11.3. The van der Waals surface area contributed by atoms with E-state index in [-0.39, 0.29) is 0 Å². The number of anilines is 1. The molecule has 1 aromatic heterocycles. The van der Waals surface area contributed by atoms with Gasteiger partial charge >= 0.3 is 5.97 Å². The van der Waals surface area contributed by atoms with E-state index in [9.17, 15) is 9.90 Å². The fraction of sp³-hybridized carbons (Fsp3) is 0.714. The number of aryl methyl sites for hydroxylation is 1. The smallest absolute Gasteiger partial charge is 0.312 e. The lowest BCUT2D eigenvalue weighted by atomic mass is 9.91. The second-order valence-electron chi connectivity index (χ2n) is 5.59. The molecule has 1 aliphatic carbocycles. The molecule has 6 heteroatoms. The van der Waals surface area contributed by atoms with Crippen molar-refractivity contribution < 1.29 is 9.90 Å². The molecule has 110 valence electrons. The molecular weight excluding hydrogens is 274 g/mol. The number of rotatable bonds is 5. The molecule has 1 aliphatic heterocycles. The van der Waals surface area contributed by atoms with E-state index in [0.29, 0.717) is 0 Å². The number of hydrogen-bond acceptors (Lipinski definition) is 5. The zero-order valence-corrected chi connectivity index (χ0v) is 12.4. The van der Waals surface area contributed by atoms with Crippen molar-refractivity contribution in [3.63, 3.8) is 0 Å². The molecule has 1 saturated heterocycles. The van der Waals surface area contributed by atoms with E-state index in [1.165, 1.54) is 25.9 Å². The monoisotopic (exact) mass is 295 g/mol. The molecule has 1 fully saturated rings. The Kier molecular flexibility index (Phi) is 4.21. The van der Waals surface area contributed by atoms with Gasteiger partial charge in [-0.15, -0.1) is 11.3 Å². The van der Waals surface area contributed by atoms with Crippen LogP contribution in [0.4, 0.5) is 5.13 Å². The van der Waals surface area contributed by atoms with Gasteiger partial charge in [0.15, 0.2) is 5.13 Å². The van der Waals surface area contributed by atoms with E-state index in [1.54, 1.807) is 11.3 Å². The SMILES string of the molecule is O=C(O)C1CCCc2sc(NCCN3CCCC3)nc21. The molecule has 3 rings (SSSR count). The Morgan fingerprint density at radius 3 is 2.95 bits per heavy atom. The molecule has 1 unspecified atom stereocenters. The number of nitrogens with zero attached hydrogens (tertiary/aromatic N) is 2. The molecule has 0 radical (unpaired) electrons. The molecule has 2 heterocycles. The Labute approximate surface area is 123 Å². The molecule has 2 N–H and O–H groups in total. The van der Waals surface area contributed by atoms with Gasteiger partial charge in [-0.1, -0.05) is 0 Å². The minimum atomic E-state index is -0.736. The van der Waals surface area contributed by atoms with Crippen LogP contribution in [-0.4, -0.2) is 47.1 Å². The zero-order chi connectivity index (χ0) is 13.9. The summed E-state index contributed by atoms with van der Waals surface area (Å²) in [4.78, 5) is 19.4. The Morgan fingerprint density at radius 1 is 1.40 bits per heavy atom. The first-order valence-corrected chi connectivity index (χ1v) is 8.24. The number of fused-ring (bicyclic) bond motifs is 1. The highest BCUT2D eigenvalue weighted by Gasteiger charge is 2.29. The molecular formula is C14H21N3O2S. The third kappa shape index (κ3) is 2.96. The van der Waals surface area contributed by atoms with Gasteiger partial charge in [-0.3, -0.25) is 4.79 Å². The summed E-state index contributed by atoms with van der Waals surface area (Å²) in [5.74, 6) is -1.14. The first-order chi connectivity index (χ1) is 9.74. The number of carboxylic acids is 1. The van der Waals surface area contributed by atoms with Crippen LogP contribution in [0.3, 0.4) is 0 Å². The third-order valence-electron chi connectivity index (χ3n) is 4.16. The van der Waals surface area contributed by atoms with Gasteiger partial charge in [0.25, 0.3) is 0 Å². The number of likely N-dealkylation sites (tertiary alicyclic amines) is 1. The maximum Gasteiger partial charge on any atom is 0.312 e. The molecule has 1 atom stereocenters. The van der Waals surface area contributed by atoms with Crippen molar-refractivity contribution in [1.82, 2.24) is 9.88 Å². The maximum atomic E-state index is 11.3. The normalized spacial score (nSPS) is 22.7. The number of hydrogen-bond donors (Lipinski definition) is 2. The first kappa shape index (κ1) is 13.8. The van der Waals surface area contributed by atoms with E-state index >= 15 is 0 Å². The fourth-order valence-electron chi connectivity index (χ4n) is 3.06. The standard InChI is InChI=1S/C14H21N3O2S/c18-13(19)10-4-3-5-11-12(10)16-14(20-11)15-6-9-17-7-1-2-8-17/h10H,1-9H2,(H,15,16)(H,18,19). The summed E-state index contributed by atoms with van der Waals surface area (Å²) in [5.41, 5.74) is 0.803. The van der Waals surface area contributed by atoms with Crippen LogP contribution in [-0.2, 0) is 11.2 Å². The summed E-state index contributed by atoms with van der Waals surface area (Å²) in [6, 6.07) is 0. The number of aliphatic carboxylic acids is 1. The van der Waals surface area contributed by atoms with Gasteiger partial charge in [0.1, 0.15) is 5.92 Å². The summed E-state index contributed by atoms with van der Waals surface area (Å²) in [7, 11) is 0. The second-order valence-corrected chi connectivity index (χ2v) is 6.67. The van der Waals surface area contributed by atoms with Gasteiger partial charge in [0, 0.05) is 18.0 Å². The first-order valence-electron chi connectivity index (χ1n) is 7.42. The van der Waals surface area contributed by atoms with Gasteiger partial charge in [0.2, 0.25) is 0 Å². The van der Waals surface area contributed by atoms with Gasteiger partial charge in [-0.05, 0) is 45.2 Å². The summed E-state index contributed by atoms with van der Waals surface area (Å²) in [6.45, 7) is 4.35. The molecule has 0 amide bonds. The van der Waals surface area contributed by atoms with Crippen molar-refractivity contribution in [2.75, 3.05) is 31.5 Å². The van der Waals surface area contributed by atoms with Gasteiger partial charge < -0.3 is 15.3 Å². The highest BCUT2D eigenvalue weighted by molar-refractivity contribution is 7.15. The Bertz CT molecular complexity index is 483. The van der Waals surface area contributed by atoms with Crippen LogP contribution in [0.2, 0.25) is 0 Å². The van der Waals surface area contributed by atoms with E-state index in [0.717, 1.165) is 48.1 Å². The van der Waals surface area contributed by atoms with Crippen molar-refractivity contribution in [2.45, 2.75) is 38.0 Å². The van der Waals surface area contributed by atoms with Gasteiger partial charge in [-0.25, -0.2) is 4.98 Å². The van der Waals surface area contributed by atoms with Crippen molar-refractivity contribution in [3.8, 4) is 0 Å². The van der Waals surface area contributed by atoms with Crippen LogP contribution in [0.25, 0.3) is 0 Å². The number of nitrogens with one attached hydrogen (secondary N) is 1. The molecule has 1 aromatic rings. The molecule has 0 saturated carbocycles.